The number of hydrogen-bond acceptors (Lipinski definition) is 5. The van der Waals surface area contributed by atoms with Crippen molar-refractivity contribution >= 4 is 22.6 Å². The lowest BCUT2D eigenvalue weighted by Crippen LogP contribution is -2.58. The number of aliphatic hydroxyl groups is 2. The minimum absolute atomic E-state index is 0.375. The number of nitrogens with one attached hydrogen (secondary N) is 1. The minimum atomic E-state index is -0.984. The molecule has 0 unspecified atom stereocenters. The summed E-state index contributed by atoms with van der Waals surface area (Å²) in [6.07, 6.45) is -0.985. The van der Waals surface area contributed by atoms with Gasteiger partial charge in [0, 0.05) is 5.39 Å². The average molecular weight is 373 g/mol. The third-order valence-electron chi connectivity index (χ3n) is 5.33. The molecule has 27 heavy (non-hydrogen) atoms. The van der Waals surface area contributed by atoms with Crippen LogP contribution in [-0.2, 0) is 9.47 Å². The van der Waals surface area contributed by atoms with Crippen molar-refractivity contribution in [2.75, 3.05) is 11.9 Å². The van der Waals surface area contributed by atoms with Crippen molar-refractivity contribution in [1.29, 1.82) is 0 Å². The van der Waals surface area contributed by atoms with Crippen LogP contribution in [-0.4, -0.2) is 46.3 Å². The van der Waals surface area contributed by atoms with Gasteiger partial charge in [0.25, 0.3) is 0 Å². The van der Waals surface area contributed by atoms with Crippen molar-refractivity contribution < 1.29 is 24.5 Å². The highest BCUT2D eigenvalue weighted by atomic mass is 16.6. The molecule has 1 amide bonds. The number of benzene rings is 2. The van der Waals surface area contributed by atoms with E-state index in [-0.39, 0.29) is 6.61 Å². The zero-order valence-electron chi connectivity index (χ0n) is 15.9. The van der Waals surface area contributed by atoms with Crippen LogP contribution in [0, 0.1) is 0 Å². The number of rotatable bonds is 4. The Bertz CT molecular complexity index is 816. The minimum Gasteiger partial charge on any atom is -0.443 e. The monoisotopic (exact) mass is 373 g/mol. The molecule has 1 heterocycles. The van der Waals surface area contributed by atoms with E-state index in [4.69, 9.17) is 9.47 Å². The normalized spacial score (nSPS) is 25.7. The molecule has 1 aliphatic heterocycles. The lowest BCUT2D eigenvalue weighted by atomic mass is 9.82. The van der Waals surface area contributed by atoms with Crippen molar-refractivity contribution in [1.82, 2.24) is 0 Å². The van der Waals surface area contributed by atoms with Gasteiger partial charge in [0.05, 0.1) is 17.9 Å². The zero-order valence-corrected chi connectivity index (χ0v) is 15.9. The molecular weight excluding hydrogens is 346 g/mol. The molecule has 1 fully saturated rings. The Morgan fingerprint density at radius 3 is 2.67 bits per heavy atom. The van der Waals surface area contributed by atoms with E-state index in [1.54, 1.807) is 6.92 Å². The molecule has 1 aliphatic rings. The third kappa shape index (κ3) is 4.08. The standard InChI is InChI=1S/C21H27NO5/c1-20(2)18(11-12-21(3,27-20)17(24)13-23)26-19(25)22-16-10-6-8-14-7-4-5-9-15(14)16/h4-10,17-18,23-24H,11-13H2,1-3H3,(H,22,25)/t17-,18-,21+/m1/s1. The van der Waals surface area contributed by atoms with Gasteiger partial charge in [-0.25, -0.2) is 4.79 Å². The van der Waals surface area contributed by atoms with Gasteiger partial charge in [-0.1, -0.05) is 36.4 Å². The molecule has 0 aliphatic carbocycles. The number of anilines is 1. The number of amides is 1. The quantitative estimate of drug-likeness (QED) is 0.764. The van der Waals surface area contributed by atoms with Crippen LogP contribution in [0.3, 0.4) is 0 Å². The molecule has 0 spiro atoms. The van der Waals surface area contributed by atoms with E-state index in [0.717, 1.165) is 10.8 Å². The molecule has 0 saturated carbocycles. The predicted octanol–water partition coefficient (Wildman–Crippen LogP) is 3.46. The van der Waals surface area contributed by atoms with E-state index >= 15 is 0 Å². The van der Waals surface area contributed by atoms with Crippen LogP contribution in [0.15, 0.2) is 42.5 Å². The largest absolute Gasteiger partial charge is 0.443 e. The number of hydrogen-bond donors (Lipinski definition) is 3. The molecule has 0 radical (unpaired) electrons. The number of aliphatic hydroxyl groups excluding tert-OH is 2. The lowest BCUT2D eigenvalue weighted by Gasteiger charge is -2.48. The Morgan fingerprint density at radius 1 is 1.26 bits per heavy atom. The summed E-state index contributed by atoms with van der Waals surface area (Å²) in [5.41, 5.74) is -0.975. The predicted molar refractivity (Wildman–Crippen MR) is 104 cm³/mol. The molecule has 0 bridgehead atoms. The Balaban J connectivity index is 1.69. The molecule has 0 aromatic heterocycles. The van der Waals surface area contributed by atoms with E-state index in [1.165, 1.54) is 0 Å². The van der Waals surface area contributed by atoms with E-state index in [0.29, 0.717) is 18.5 Å². The Hall–Kier alpha value is -2.15. The van der Waals surface area contributed by atoms with Crippen LogP contribution in [0.25, 0.3) is 10.8 Å². The molecular formula is C21H27NO5. The van der Waals surface area contributed by atoms with Gasteiger partial charge in [0.15, 0.2) is 0 Å². The Morgan fingerprint density at radius 2 is 1.96 bits per heavy atom. The van der Waals surface area contributed by atoms with E-state index < -0.39 is 29.5 Å². The van der Waals surface area contributed by atoms with Crippen LogP contribution in [0.1, 0.15) is 33.6 Å². The first kappa shape index (κ1) is 19.6. The first-order valence-electron chi connectivity index (χ1n) is 9.20. The second-order valence-corrected chi connectivity index (χ2v) is 7.80. The zero-order chi connectivity index (χ0) is 19.7. The Kier molecular flexibility index (Phi) is 5.42. The number of ether oxygens (including phenoxy) is 2. The van der Waals surface area contributed by atoms with Crippen LogP contribution in [0.5, 0.6) is 0 Å². The van der Waals surface area contributed by atoms with Gasteiger partial charge < -0.3 is 19.7 Å². The fourth-order valence-corrected chi connectivity index (χ4v) is 3.71. The second kappa shape index (κ2) is 7.46. The third-order valence-corrected chi connectivity index (χ3v) is 5.33. The van der Waals surface area contributed by atoms with Gasteiger partial charge in [-0.2, -0.15) is 0 Å². The molecule has 3 atom stereocenters. The van der Waals surface area contributed by atoms with Gasteiger partial charge in [-0.15, -0.1) is 0 Å². The van der Waals surface area contributed by atoms with Gasteiger partial charge in [0.2, 0.25) is 0 Å². The van der Waals surface area contributed by atoms with Crippen LogP contribution < -0.4 is 5.32 Å². The van der Waals surface area contributed by atoms with Gasteiger partial charge in [-0.05, 0) is 45.1 Å². The van der Waals surface area contributed by atoms with Crippen LogP contribution in [0.4, 0.5) is 10.5 Å². The maximum absolute atomic E-state index is 12.5. The molecule has 6 nitrogen and oxygen atoms in total. The molecule has 2 aromatic carbocycles. The second-order valence-electron chi connectivity index (χ2n) is 7.80. The average Bonchev–Trinajstić information content (AvgIpc) is 2.63. The molecule has 2 aromatic rings. The first-order chi connectivity index (χ1) is 12.7. The maximum atomic E-state index is 12.5. The van der Waals surface area contributed by atoms with E-state index in [2.05, 4.69) is 5.32 Å². The summed E-state index contributed by atoms with van der Waals surface area (Å²) in [7, 11) is 0. The van der Waals surface area contributed by atoms with E-state index in [9.17, 15) is 15.0 Å². The SMILES string of the molecule is CC1(C)O[C@](C)([C@H](O)CO)CC[C@H]1OC(=O)Nc1cccc2ccccc12. The van der Waals surface area contributed by atoms with Crippen LogP contribution >= 0.6 is 0 Å². The smallest absolute Gasteiger partial charge is 0.412 e. The van der Waals surface area contributed by atoms with Crippen molar-refractivity contribution in [2.24, 2.45) is 0 Å². The highest BCUT2D eigenvalue weighted by molar-refractivity contribution is 6.00. The highest BCUT2D eigenvalue weighted by Gasteiger charge is 2.48. The van der Waals surface area contributed by atoms with Gasteiger partial charge in [0.1, 0.15) is 17.8 Å². The van der Waals surface area contributed by atoms with Gasteiger partial charge in [-0.3, -0.25) is 5.32 Å². The summed E-state index contributed by atoms with van der Waals surface area (Å²) in [5, 5.41) is 24.1. The summed E-state index contributed by atoms with van der Waals surface area (Å²) in [6, 6.07) is 13.5. The van der Waals surface area contributed by atoms with Crippen LogP contribution in [0.2, 0.25) is 0 Å². The lowest BCUT2D eigenvalue weighted by molar-refractivity contribution is -0.247. The molecule has 1 saturated heterocycles. The summed E-state index contributed by atoms with van der Waals surface area (Å²) >= 11 is 0. The molecule has 3 rings (SSSR count). The molecule has 146 valence electrons. The van der Waals surface area contributed by atoms with Crippen molar-refractivity contribution in [3.05, 3.63) is 42.5 Å². The summed E-state index contributed by atoms with van der Waals surface area (Å²) in [4.78, 5) is 12.5. The maximum Gasteiger partial charge on any atom is 0.412 e. The molecule has 6 heteroatoms. The summed E-state index contributed by atoms with van der Waals surface area (Å²) in [5.74, 6) is 0. The van der Waals surface area contributed by atoms with E-state index in [1.807, 2.05) is 56.3 Å². The summed E-state index contributed by atoms with van der Waals surface area (Å²) in [6.45, 7) is 5.04. The first-order valence-corrected chi connectivity index (χ1v) is 9.20. The highest BCUT2D eigenvalue weighted by Crippen LogP contribution is 2.39. The number of carbonyl (C=O) groups excluding carboxylic acids is 1. The van der Waals surface area contributed by atoms with Crippen molar-refractivity contribution in [2.45, 2.75) is 57.0 Å². The van der Waals surface area contributed by atoms with Crippen molar-refractivity contribution in [3.63, 3.8) is 0 Å². The van der Waals surface area contributed by atoms with Crippen molar-refractivity contribution in [3.8, 4) is 0 Å². The Labute approximate surface area is 159 Å². The fourth-order valence-electron chi connectivity index (χ4n) is 3.71. The number of fused-ring (bicyclic) bond motifs is 1. The molecule has 3 N–H and O–H groups in total. The number of carbonyl (C=O) groups is 1. The topological polar surface area (TPSA) is 88.0 Å². The fraction of sp³-hybridized carbons (Fsp3) is 0.476. The van der Waals surface area contributed by atoms with Gasteiger partial charge >= 0.3 is 6.09 Å². The summed E-state index contributed by atoms with van der Waals surface area (Å²) < 4.78 is 11.7.